The van der Waals surface area contributed by atoms with Crippen LogP contribution < -0.4 is 0 Å². The van der Waals surface area contributed by atoms with Gasteiger partial charge in [-0.25, -0.2) is 0 Å². The second-order valence-corrected chi connectivity index (χ2v) is 5.08. The van der Waals surface area contributed by atoms with Crippen molar-refractivity contribution < 1.29 is 14.6 Å². The summed E-state index contributed by atoms with van der Waals surface area (Å²) in [4.78, 5) is 10.6. The van der Waals surface area contributed by atoms with E-state index in [-0.39, 0.29) is 5.41 Å². The van der Waals surface area contributed by atoms with E-state index in [0.717, 1.165) is 25.6 Å². The first-order valence-electron chi connectivity index (χ1n) is 6.02. The minimum atomic E-state index is -0.669. The largest absolute Gasteiger partial charge is 0.481 e. The third kappa shape index (κ3) is 2.33. The molecule has 86 valence electrons. The maximum absolute atomic E-state index is 10.6. The van der Waals surface area contributed by atoms with E-state index < -0.39 is 5.97 Å². The number of ether oxygens (including phenoxy) is 1. The summed E-state index contributed by atoms with van der Waals surface area (Å²) in [7, 11) is 0. The summed E-state index contributed by atoms with van der Waals surface area (Å²) in [5.41, 5.74) is 0.221. The van der Waals surface area contributed by atoms with E-state index in [4.69, 9.17) is 9.84 Å². The van der Waals surface area contributed by atoms with Crippen molar-refractivity contribution in [2.24, 2.45) is 11.3 Å². The van der Waals surface area contributed by atoms with Gasteiger partial charge in [0.25, 0.3) is 0 Å². The zero-order valence-electron chi connectivity index (χ0n) is 9.21. The van der Waals surface area contributed by atoms with Crippen LogP contribution in [-0.4, -0.2) is 24.3 Å². The Hall–Kier alpha value is -0.570. The standard InChI is InChI=1S/C12H20O3/c13-11(14)6-7-12(8-15-9-12)10-4-2-1-3-5-10/h10H,1-9H2,(H,13,14). The second-order valence-electron chi connectivity index (χ2n) is 5.08. The maximum Gasteiger partial charge on any atom is 0.303 e. The number of rotatable bonds is 4. The molecular formula is C12H20O3. The summed E-state index contributed by atoms with van der Waals surface area (Å²) < 4.78 is 5.33. The predicted molar refractivity (Wildman–Crippen MR) is 56.7 cm³/mol. The third-order valence-electron chi connectivity index (χ3n) is 4.09. The lowest BCUT2D eigenvalue weighted by Crippen LogP contribution is -2.49. The molecule has 1 heterocycles. The molecule has 0 spiro atoms. The van der Waals surface area contributed by atoms with E-state index in [1.807, 2.05) is 0 Å². The van der Waals surface area contributed by atoms with Crippen LogP contribution in [0.4, 0.5) is 0 Å². The van der Waals surface area contributed by atoms with Crippen molar-refractivity contribution in [3.8, 4) is 0 Å². The van der Waals surface area contributed by atoms with Crippen LogP contribution in [-0.2, 0) is 9.53 Å². The highest BCUT2D eigenvalue weighted by Crippen LogP contribution is 2.46. The van der Waals surface area contributed by atoms with Crippen LogP contribution >= 0.6 is 0 Å². The molecule has 1 aliphatic carbocycles. The van der Waals surface area contributed by atoms with Crippen molar-refractivity contribution in [2.75, 3.05) is 13.2 Å². The maximum atomic E-state index is 10.6. The minimum absolute atomic E-state index is 0.221. The zero-order valence-corrected chi connectivity index (χ0v) is 9.21. The molecule has 0 aromatic rings. The topological polar surface area (TPSA) is 46.5 Å². The molecule has 0 unspecified atom stereocenters. The van der Waals surface area contributed by atoms with Crippen molar-refractivity contribution in [3.05, 3.63) is 0 Å². The Morgan fingerprint density at radius 2 is 1.93 bits per heavy atom. The van der Waals surface area contributed by atoms with Crippen LogP contribution in [0.1, 0.15) is 44.9 Å². The van der Waals surface area contributed by atoms with E-state index in [0.29, 0.717) is 6.42 Å². The first kappa shape index (κ1) is 10.9. The van der Waals surface area contributed by atoms with E-state index in [2.05, 4.69) is 0 Å². The Morgan fingerprint density at radius 1 is 1.27 bits per heavy atom. The van der Waals surface area contributed by atoms with Crippen molar-refractivity contribution in [3.63, 3.8) is 0 Å². The first-order chi connectivity index (χ1) is 7.23. The molecule has 1 aliphatic heterocycles. The summed E-state index contributed by atoms with van der Waals surface area (Å²) in [6.45, 7) is 1.59. The fraction of sp³-hybridized carbons (Fsp3) is 0.917. The van der Waals surface area contributed by atoms with E-state index >= 15 is 0 Å². The number of hydrogen-bond acceptors (Lipinski definition) is 2. The van der Waals surface area contributed by atoms with Crippen LogP contribution in [0.2, 0.25) is 0 Å². The van der Waals surface area contributed by atoms with Gasteiger partial charge in [-0.15, -0.1) is 0 Å². The smallest absolute Gasteiger partial charge is 0.303 e. The molecule has 1 N–H and O–H groups in total. The quantitative estimate of drug-likeness (QED) is 0.778. The summed E-state index contributed by atoms with van der Waals surface area (Å²) in [5.74, 6) is 0.0523. The molecule has 0 aromatic heterocycles. The SMILES string of the molecule is O=C(O)CCC1(C2CCCCC2)COC1. The van der Waals surface area contributed by atoms with Crippen molar-refractivity contribution in [1.29, 1.82) is 0 Å². The van der Waals surface area contributed by atoms with Crippen LogP contribution in [0.3, 0.4) is 0 Å². The van der Waals surface area contributed by atoms with E-state index in [1.165, 1.54) is 32.1 Å². The van der Waals surface area contributed by atoms with Gasteiger partial charge in [-0.2, -0.15) is 0 Å². The monoisotopic (exact) mass is 212 g/mol. The number of aliphatic carboxylic acids is 1. The molecule has 0 bridgehead atoms. The summed E-state index contributed by atoms with van der Waals surface area (Å²) in [5, 5.41) is 8.75. The molecule has 2 aliphatic rings. The Labute approximate surface area is 90.8 Å². The normalized spacial score (nSPS) is 25.9. The predicted octanol–water partition coefficient (Wildman–Crippen LogP) is 2.45. The van der Waals surface area contributed by atoms with Crippen molar-refractivity contribution in [2.45, 2.75) is 44.9 Å². The first-order valence-corrected chi connectivity index (χ1v) is 6.02. The Bertz CT molecular complexity index is 227. The number of hydrogen-bond donors (Lipinski definition) is 1. The van der Waals surface area contributed by atoms with E-state index in [9.17, 15) is 4.79 Å². The number of carboxylic acid groups (broad SMARTS) is 1. The molecule has 1 saturated carbocycles. The highest BCUT2D eigenvalue weighted by atomic mass is 16.5. The molecule has 1 saturated heterocycles. The molecule has 3 nitrogen and oxygen atoms in total. The Morgan fingerprint density at radius 3 is 2.40 bits per heavy atom. The lowest BCUT2D eigenvalue weighted by Gasteiger charge is -2.48. The molecule has 0 amide bonds. The molecule has 0 atom stereocenters. The fourth-order valence-corrected chi connectivity index (χ4v) is 3.02. The van der Waals surface area contributed by atoms with Gasteiger partial charge in [-0.3, -0.25) is 4.79 Å². The van der Waals surface area contributed by atoms with Gasteiger partial charge in [-0.05, 0) is 25.2 Å². The average molecular weight is 212 g/mol. The van der Waals surface area contributed by atoms with Gasteiger partial charge in [0.15, 0.2) is 0 Å². The molecule has 3 heteroatoms. The highest BCUT2D eigenvalue weighted by molar-refractivity contribution is 5.66. The number of carboxylic acids is 1. The molecule has 15 heavy (non-hydrogen) atoms. The van der Waals surface area contributed by atoms with Crippen LogP contribution in [0.25, 0.3) is 0 Å². The average Bonchev–Trinajstić information content (AvgIpc) is 2.17. The third-order valence-corrected chi connectivity index (χ3v) is 4.09. The van der Waals surface area contributed by atoms with Gasteiger partial charge >= 0.3 is 5.97 Å². The van der Waals surface area contributed by atoms with Crippen molar-refractivity contribution in [1.82, 2.24) is 0 Å². The lowest BCUT2D eigenvalue weighted by molar-refractivity contribution is -0.163. The number of carbonyl (C=O) groups is 1. The highest BCUT2D eigenvalue weighted by Gasteiger charge is 2.45. The van der Waals surface area contributed by atoms with E-state index in [1.54, 1.807) is 0 Å². The van der Waals surface area contributed by atoms with Gasteiger partial charge in [0, 0.05) is 11.8 Å². The molecule has 2 rings (SSSR count). The fourth-order valence-electron chi connectivity index (χ4n) is 3.02. The van der Waals surface area contributed by atoms with Gasteiger partial charge in [-0.1, -0.05) is 19.3 Å². The molecular weight excluding hydrogens is 192 g/mol. The lowest BCUT2D eigenvalue weighted by atomic mass is 9.65. The summed E-state index contributed by atoms with van der Waals surface area (Å²) >= 11 is 0. The molecule has 0 radical (unpaired) electrons. The van der Waals surface area contributed by atoms with Crippen molar-refractivity contribution >= 4 is 5.97 Å². The zero-order chi connectivity index (χ0) is 10.7. The summed E-state index contributed by atoms with van der Waals surface area (Å²) in [6.07, 6.45) is 7.67. The van der Waals surface area contributed by atoms with Gasteiger partial charge in [0.05, 0.1) is 13.2 Å². The van der Waals surface area contributed by atoms with Gasteiger partial charge < -0.3 is 9.84 Å². The molecule has 2 fully saturated rings. The van der Waals surface area contributed by atoms with Crippen LogP contribution in [0.5, 0.6) is 0 Å². The minimum Gasteiger partial charge on any atom is -0.481 e. The van der Waals surface area contributed by atoms with Crippen LogP contribution in [0, 0.1) is 11.3 Å². The van der Waals surface area contributed by atoms with Gasteiger partial charge in [0.2, 0.25) is 0 Å². The van der Waals surface area contributed by atoms with Gasteiger partial charge in [0.1, 0.15) is 0 Å². The Balaban J connectivity index is 1.91. The molecule has 0 aromatic carbocycles. The second kappa shape index (κ2) is 4.52. The Kier molecular flexibility index (Phi) is 3.29. The van der Waals surface area contributed by atoms with Crippen LogP contribution in [0.15, 0.2) is 0 Å². The summed E-state index contributed by atoms with van der Waals surface area (Å²) in [6, 6.07) is 0.